The van der Waals surface area contributed by atoms with Crippen LogP contribution in [0.1, 0.15) is 29.0 Å². The maximum absolute atomic E-state index is 13.1. The van der Waals surface area contributed by atoms with E-state index in [9.17, 15) is 22.8 Å². The predicted octanol–water partition coefficient (Wildman–Crippen LogP) is 5.70. The largest absolute Gasteiger partial charge is 0.481 e. The Kier molecular flexibility index (Phi) is 16.1. The van der Waals surface area contributed by atoms with Crippen molar-refractivity contribution in [1.29, 1.82) is 0 Å². The van der Waals surface area contributed by atoms with Crippen LogP contribution in [0, 0.1) is 0 Å². The maximum Gasteiger partial charge on any atom is 0.410 e. The normalized spacial score (nSPS) is 13.7. The first-order valence-corrected chi connectivity index (χ1v) is 21.5. The molecule has 1 heterocycles. The van der Waals surface area contributed by atoms with Gasteiger partial charge >= 0.3 is 18.2 Å². The number of aliphatic carboxylic acids is 1. The summed E-state index contributed by atoms with van der Waals surface area (Å²) in [6.45, 7) is 1.85. The van der Waals surface area contributed by atoms with E-state index in [1.54, 1.807) is 29.0 Å². The SMILES string of the molecule is O=C(O)CCSSCCOCCOCCN(CCOCCNC(=O)OCC1c2ccccc2-c2ccccc21)C(=O)OCC1=Cc2ccccc2S1(=O)=O. The Morgan fingerprint density at radius 2 is 1.35 bits per heavy atom. The van der Waals surface area contributed by atoms with Crippen molar-refractivity contribution < 1.29 is 51.6 Å². The van der Waals surface area contributed by atoms with E-state index in [-0.39, 0.29) is 68.2 Å². The zero-order chi connectivity index (χ0) is 38.2. The van der Waals surface area contributed by atoms with Crippen LogP contribution in [0.2, 0.25) is 0 Å². The minimum absolute atomic E-state index is 0.000549. The number of fused-ring (bicyclic) bond motifs is 4. The van der Waals surface area contributed by atoms with Gasteiger partial charge in [0.25, 0.3) is 0 Å². The summed E-state index contributed by atoms with van der Waals surface area (Å²) in [5.74, 6) is 0.379. The molecular formula is C38H44N2O11S3. The molecule has 0 aromatic heterocycles. The Morgan fingerprint density at radius 3 is 2.04 bits per heavy atom. The second kappa shape index (κ2) is 21.1. The first-order chi connectivity index (χ1) is 26.3. The highest BCUT2D eigenvalue weighted by Crippen LogP contribution is 2.44. The van der Waals surface area contributed by atoms with E-state index in [0.717, 1.165) is 22.3 Å². The van der Waals surface area contributed by atoms with Crippen molar-refractivity contribution in [2.75, 3.05) is 84.0 Å². The van der Waals surface area contributed by atoms with Crippen molar-refractivity contribution >= 4 is 55.7 Å². The van der Waals surface area contributed by atoms with Gasteiger partial charge in [-0.25, -0.2) is 18.0 Å². The fourth-order valence-corrected chi connectivity index (χ4v) is 9.18. The summed E-state index contributed by atoms with van der Waals surface area (Å²) < 4.78 is 53.7. The van der Waals surface area contributed by atoms with Gasteiger partial charge in [0.15, 0.2) is 0 Å². The smallest absolute Gasteiger partial charge is 0.410 e. The van der Waals surface area contributed by atoms with Crippen LogP contribution < -0.4 is 5.32 Å². The average molecular weight is 801 g/mol. The molecule has 3 aromatic carbocycles. The fourth-order valence-electron chi connectivity index (χ4n) is 5.86. The van der Waals surface area contributed by atoms with Crippen LogP contribution in [0.3, 0.4) is 0 Å². The molecule has 3 aromatic rings. The second-order valence-electron chi connectivity index (χ2n) is 12.1. The van der Waals surface area contributed by atoms with Crippen molar-refractivity contribution in [2.45, 2.75) is 17.2 Å². The first-order valence-electron chi connectivity index (χ1n) is 17.5. The first kappa shape index (κ1) is 41.1. The topological polar surface area (TPSA) is 167 Å². The molecular weight excluding hydrogens is 757 g/mol. The van der Waals surface area contributed by atoms with E-state index in [1.165, 1.54) is 27.8 Å². The summed E-state index contributed by atoms with van der Waals surface area (Å²) >= 11 is 0. The van der Waals surface area contributed by atoms with Crippen LogP contribution in [-0.2, 0) is 38.3 Å². The lowest BCUT2D eigenvalue weighted by Crippen LogP contribution is -2.38. The summed E-state index contributed by atoms with van der Waals surface area (Å²) in [6.07, 6.45) is 0.346. The molecule has 2 amide bonds. The molecule has 2 N–H and O–H groups in total. The number of carboxylic acid groups (broad SMARTS) is 1. The Labute approximate surface area is 323 Å². The van der Waals surface area contributed by atoms with Crippen molar-refractivity contribution in [3.8, 4) is 11.1 Å². The molecule has 1 aliphatic heterocycles. The van der Waals surface area contributed by atoms with Crippen LogP contribution in [0.4, 0.5) is 9.59 Å². The van der Waals surface area contributed by atoms with E-state index in [4.69, 9.17) is 28.8 Å². The number of amides is 2. The van der Waals surface area contributed by atoms with Gasteiger partial charge in [-0.1, -0.05) is 88.3 Å². The van der Waals surface area contributed by atoms with Crippen molar-refractivity contribution in [1.82, 2.24) is 10.2 Å². The zero-order valence-corrected chi connectivity index (χ0v) is 32.1. The average Bonchev–Trinajstić information content (AvgIpc) is 3.63. The van der Waals surface area contributed by atoms with Crippen LogP contribution in [-0.4, -0.2) is 121 Å². The number of carbonyl (C=O) groups excluding carboxylic acids is 2. The number of nitrogens with one attached hydrogen (secondary N) is 1. The highest BCUT2D eigenvalue weighted by Gasteiger charge is 2.31. The van der Waals surface area contributed by atoms with Gasteiger partial charge in [-0.15, -0.1) is 0 Å². The molecule has 0 unspecified atom stereocenters. The van der Waals surface area contributed by atoms with E-state index < -0.39 is 34.6 Å². The van der Waals surface area contributed by atoms with E-state index in [0.29, 0.717) is 36.9 Å². The third kappa shape index (κ3) is 11.7. The molecule has 1 aliphatic carbocycles. The molecule has 0 saturated heterocycles. The Morgan fingerprint density at radius 1 is 0.741 bits per heavy atom. The monoisotopic (exact) mass is 800 g/mol. The molecule has 0 bridgehead atoms. The number of hydrogen-bond acceptors (Lipinski definition) is 12. The quantitative estimate of drug-likeness (QED) is 0.0887. The number of benzene rings is 3. The fraction of sp³-hybridized carbons (Fsp3) is 0.395. The Bertz CT molecular complexity index is 1830. The summed E-state index contributed by atoms with van der Waals surface area (Å²) in [4.78, 5) is 37.7. The number of rotatable bonds is 23. The molecule has 0 atom stereocenters. The minimum Gasteiger partial charge on any atom is -0.481 e. The van der Waals surface area contributed by atoms with Crippen LogP contribution in [0.15, 0.2) is 82.6 Å². The molecule has 0 spiro atoms. The number of ether oxygens (including phenoxy) is 5. The molecule has 290 valence electrons. The van der Waals surface area contributed by atoms with Crippen LogP contribution in [0.5, 0.6) is 0 Å². The van der Waals surface area contributed by atoms with Crippen molar-refractivity contribution in [3.63, 3.8) is 0 Å². The zero-order valence-electron chi connectivity index (χ0n) is 29.7. The third-order valence-electron chi connectivity index (χ3n) is 8.50. The van der Waals surface area contributed by atoms with Crippen molar-refractivity contribution in [3.05, 3.63) is 94.4 Å². The number of hydrogen-bond donors (Lipinski definition) is 2. The summed E-state index contributed by atoms with van der Waals surface area (Å²) in [7, 11) is -0.716. The van der Waals surface area contributed by atoms with Gasteiger partial charge in [0.2, 0.25) is 9.84 Å². The van der Waals surface area contributed by atoms with Gasteiger partial charge in [0.05, 0.1) is 55.9 Å². The van der Waals surface area contributed by atoms with Crippen LogP contribution in [0.25, 0.3) is 17.2 Å². The molecule has 54 heavy (non-hydrogen) atoms. The minimum atomic E-state index is -3.75. The van der Waals surface area contributed by atoms with E-state index in [2.05, 4.69) is 29.6 Å². The second-order valence-corrected chi connectivity index (χ2v) is 16.7. The number of nitrogens with zero attached hydrogens (tertiary/aromatic N) is 1. The molecule has 16 heteroatoms. The van der Waals surface area contributed by atoms with E-state index >= 15 is 0 Å². The van der Waals surface area contributed by atoms with Gasteiger partial charge < -0.3 is 39.0 Å². The number of sulfone groups is 1. The molecule has 0 fully saturated rings. The lowest BCUT2D eigenvalue weighted by atomic mass is 9.98. The van der Waals surface area contributed by atoms with E-state index in [1.807, 2.05) is 24.3 Å². The summed E-state index contributed by atoms with van der Waals surface area (Å²) in [5, 5.41) is 11.4. The van der Waals surface area contributed by atoms with Crippen LogP contribution >= 0.6 is 21.6 Å². The number of carbonyl (C=O) groups is 3. The van der Waals surface area contributed by atoms with Gasteiger partial charge in [0, 0.05) is 37.1 Å². The molecule has 0 radical (unpaired) electrons. The standard InChI is InChI=1S/C38H44N2O11S3/c41-36(42)13-23-52-53-24-22-49-21-20-48-19-16-40(38(44)51-26-29-25-28-7-1-6-12-35(28)54(29,45)46)15-18-47-17-14-39-37(43)50-27-34-32-10-4-2-8-30(32)31-9-3-5-11-33(31)34/h1-12,25,34H,13-24,26-27H2,(H,39,43)(H,41,42). The molecule has 13 nitrogen and oxygen atoms in total. The highest BCUT2D eigenvalue weighted by atomic mass is 33.1. The summed E-state index contributed by atoms with van der Waals surface area (Å²) in [5.41, 5.74) is 5.09. The Balaban J connectivity index is 1.01. The van der Waals surface area contributed by atoms with Gasteiger partial charge in [-0.05, 0) is 40.0 Å². The lowest BCUT2D eigenvalue weighted by molar-refractivity contribution is -0.136. The highest BCUT2D eigenvalue weighted by molar-refractivity contribution is 8.76. The predicted molar refractivity (Wildman–Crippen MR) is 207 cm³/mol. The maximum atomic E-state index is 13.1. The van der Waals surface area contributed by atoms with Gasteiger partial charge in [0.1, 0.15) is 13.2 Å². The van der Waals surface area contributed by atoms with Crippen molar-refractivity contribution in [2.24, 2.45) is 0 Å². The number of carboxylic acids is 1. The van der Waals surface area contributed by atoms with Gasteiger partial charge in [-0.2, -0.15) is 0 Å². The Hall–Kier alpha value is -4.06. The molecule has 5 rings (SSSR count). The molecule has 2 aliphatic rings. The lowest BCUT2D eigenvalue weighted by Gasteiger charge is -2.22. The third-order valence-corrected chi connectivity index (χ3v) is 12.8. The molecule has 0 saturated carbocycles. The van der Waals surface area contributed by atoms with Gasteiger partial charge in [-0.3, -0.25) is 4.79 Å². The number of alkyl carbamates (subject to hydrolysis) is 1. The summed E-state index contributed by atoms with van der Waals surface area (Å²) in [6, 6.07) is 22.8.